The van der Waals surface area contributed by atoms with Gasteiger partial charge in [0.15, 0.2) is 0 Å². The van der Waals surface area contributed by atoms with Crippen molar-refractivity contribution in [1.29, 1.82) is 0 Å². The molecule has 12 heteroatoms. The molecule has 1 saturated heterocycles. The molecule has 2 aromatic rings. The zero-order valence-corrected chi connectivity index (χ0v) is 18.7. The second-order valence-corrected chi connectivity index (χ2v) is 10.7. The molecule has 170 valence electrons. The lowest BCUT2D eigenvalue weighted by Gasteiger charge is -2.26. The van der Waals surface area contributed by atoms with E-state index < -0.39 is 20.0 Å². The average molecular weight is 479 g/mol. The highest BCUT2D eigenvalue weighted by Crippen LogP contribution is 2.22. The number of carbonyl (C=O) groups is 1. The highest BCUT2D eigenvalue weighted by atomic mass is 32.2. The second-order valence-electron chi connectivity index (χ2n) is 7.13. The number of amides is 1. The number of amidine groups is 1. The summed E-state index contributed by atoms with van der Waals surface area (Å²) in [6.07, 6.45) is 0. The van der Waals surface area contributed by atoms with Gasteiger partial charge in [-0.15, -0.1) is 0 Å². The molecular weight excluding hydrogens is 456 g/mol. The number of sulfonamides is 2. The van der Waals surface area contributed by atoms with Crippen LogP contribution < -0.4 is 10.0 Å². The van der Waals surface area contributed by atoms with E-state index in [4.69, 9.17) is 4.74 Å². The maximum Gasteiger partial charge on any atom is 0.263 e. The zero-order valence-electron chi connectivity index (χ0n) is 17.0. The number of nitrogens with one attached hydrogen (secondary N) is 2. The molecule has 0 radical (unpaired) electrons. The van der Waals surface area contributed by atoms with Crippen molar-refractivity contribution in [3.63, 3.8) is 0 Å². The van der Waals surface area contributed by atoms with Crippen LogP contribution in [0, 0.1) is 0 Å². The number of hydrogen-bond donors (Lipinski definition) is 2. The van der Waals surface area contributed by atoms with Gasteiger partial charge in [-0.05, 0) is 36.4 Å². The Hall–Kier alpha value is -2.80. The van der Waals surface area contributed by atoms with Crippen LogP contribution in [0.3, 0.4) is 0 Å². The highest BCUT2D eigenvalue weighted by Gasteiger charge is 2.30. The molecule has 2 aromatic carbocycles. The third-order valence-electron chi connectivity index (χ3n) is 5.05. The Morgan fingerprint density at radius 3 is 2.50 bits per heavy atom. The van der Waals surface area contributed by atoms with Crippen LogP contribution in [0.1, 0.15) is 15.9 Å². The smallest absolute Gasteiger partial charge is 0.263 e. The van der Waals surface area contributed by atoms with E-state index in [0.717, 1.165) is 0 Å². The Balaban J connectivity index is 1.35. The van der Waals surface area contributed by atoms with E-state index >= 15 is 0 Å². The number of aliphatic imine (C=N–C) groups is 1. The first-order chi connectivity index (χ1) is 15.3. The van der Waals surface area contributed by atoms with Crippen molar-refractivity contribution in [2.24, 2.45) is 4.99 Å². The number of nitrogens with zero attached hydrogens (tertiary/aromatic N) is 2. The molecular formula is C20H22N4O6S2. The molecule has 1 fully saturated rings. The van der Waals surface area contributed by atoms with Gasteiger partial charge in [-0.2, -0.15) is 4.31 Å². The summed E-state index contributed by atoms with van der Waals surface area (Å²) < 4.78 is 58.4. The van der Waals surface area contributed by atoms with Crippen molar-refractivity contribution >= 4 is 31.8 Å². The van der Waals surface area contributed by atoms with Gasteiger partial charge in [0.2, 0.25) is 10.0 Å². The topological polar surface area (TPSA) is 134 Å². The summed E-state index contributed by atoms with van der Waals surface area (Å²) in [7, 11) is -7.22. The van der Waals surface area contributed by atoms with Crippen molar-refractivity contribution in [2.45, 2.75) is 9.79 Å². The molecule has 0 unspecified atom stereocenters. The van der Waals surface area contributed by atoms with Crippen molar-refractivity contribution in [2.75, 3.05) is 39.4 Å². The van der Waals surface area contributed by atoms with Crippen molar-refractivity contribution < 1.29 is 26.4 Å². The van der Waals surface area contributed by atoms with E-state index in [9.17, 15) is 21.6 Å². The van der Waals surface area contributed by atoms with E-state index in [2.05, 4.69) is 15.0 Å². The summed E-state index contributed by atoms with van der Waals surface area (Å²) in [6, 6.07) is 12.3. The zero-order chi connectivity index (χ0) is 22.8. The quantitative estimate of drug-likeness (QED) is 0.569. The maximum absolute atomic E-state index is 12.6. The van der Waals surface area contributed by atoms with Crippen LogP contribution in [0.15, 0.2) is 63.3 Å². The van der Waals surface area contributed by atoms with Gasteiger partial charge in [-0.3, -0.25) is 14.5 Å². The van der Waals surface area contributed by atoms with Crippen LogP contribution in [0.2, 0.25) is 0 Å². The second kappa shape index (κ2) is 8.98. The summed E-state index contributed by atoms with van der Waals surface area (Å²) in [5.41, 5.74) is 0.807. The van der Waals surface area contributed by atoms with Gasteiger partial charge in [0, 0.05) is 30.8 Å². The van der Waals surface area contributed by atoms with Gasteiger partial charge in [-0.1, -0.05) is 12.1 Å². The van der Waals surface area contributed by atoms with Gasteiger partial charge in [0.25, 0.3) is 15.9 Å². The minimum Gasteiger partial charge on any atom is -0.379 e. The molecule has 2 aliphatic heterocycles. The molecule has 0 saturated carbocycles. The standard InChI is InChI=1S/C20H22N4O6S2/c25-20(15-5-7-16(8-6-15)32(28,29)24-11-13-30-14-12-24)22-10-9-21-19-17-3-1-2-4-18(17)31(26,27)23-19/h1-8H,9-14H2,(H,21,23)(H,22,25). The molecule has 0 spiro atoms. The number of ether oxygens (including phenoxy) is 1. The van der Waals surface area contributed by atoms with Crippen LogP contribution >= 0.6 is 0 Å². The van der Waals surface area contributed by atoms with E-state index in [0.29, 0.717) is 37.4 Å². The number of fused-ring (bicyclic) bond motifs is 1. The Morgan fingerprint density at radius 2 is 1.78 bits per heavy atom. The fourth-order valence-electron chi connectivity index (χ4n) is 3.40. The van der Waals surface area contributed by atoms with Crippen LogP contribution in [0.5, 0.6) is 0 Å². The molecule has 0 atom stereocenters. The first kappa shape index (κ1) is 22.4. The van der Waals surface area contributed by atoms with Gasteiger partial charge < -0.3 is 10.1 Å². The van der Waals surface area contributed by atoms with Gasteiger partial charge in [-0.25, -0.2) is 16.8 Å². The SMILES string of the molecule is O=C(NCCN=C1NS(=O)(=O)c2ccccc21)c1ccc(S(=O)(=O)N2CCOCC2)cc1. The molecule has 0 bridgehead atoms. The van der Waals surface area contributed by atoms with Crippen LogP contribution in [0.4, 0.5) is 0 Å². The predicted molar refractivity (Wildman–Crippen MR) is 117 cm³/mol. The van der Waals surface area contributed by atoms with Gasteiger partial charge in [0.1, 0.15) is 5.84 Å². The molecule has 0 aliphatic carbocycles. The Kier molecular flexibility index (Phi) is 6.29. The summed E-state index contributed by atoms with van der Waals surface area (Å²) in [5.74, 6) is -0.138. The average Bonchev–Trinajstić information content (AvgIpc) is 3.07. The van der Waals surface area contributed by atoms with Gasteiger partial charge >= 0.3 is 0 Å². The van der Waals surface area contributed by atoms with Crippen LogP contribution in [0.25, 0.3) is 0 Å². The van der Waals surface area contributed by atoms with Crippen LogP contribution in [-0.4, -0.2) is 72.3 Å². The normalized spacial score (nSPS) is 19.3. The van der Waals surface area contributed by atoms with E-state index in [1.54, 1.807) is 18.2 Å². The number of hydrogen-bond acceptors (Lipinski definition) is 7. The fraction of sp³-hybridized carbons (Fsp3) is 0.300. The first-order valence-corrected chi connectivity index (χ1v) is 12.8. The Labute approximate surface area is 186 Å². The van der Waals surface area contributed by atoms with E-state index in [1.807, 2.05) is 0 Å². The predicted octanol–water partition coefficient (Wildman–Crippen LogP) is 0.176. The lowest BCUT2D eigenvalue weighted by molar-refractivity contribution is 0.0730. The summed E-state index contributed by atoms with van der Waals surface area (Å²) in [4.78, 5) is 16.9. The lowest BCUT2D eigenvalue weighted by Crippen LogP contribution is -2.40. The molecule has 2 N–H and O–H groups in total. The van der Waals surface area contributed by atoms with Gasteiger partial charge in [0.05, 0.1) is 29.5 Å². The fourth-order valence-corrected chi connectivity index (χ4v) is 6.06. The third-order valence-corrected chi connectivity index (χ3v) is 8.36. The first-order valence-electron chi connectivity index (χ1n) is 9.92. The van der Waals surface area contributed by atoms with Crippen molar-refractivity contribution in [1.82, 2.24) is 14.3 Å². The molecule has 10 nitrogen and oxygen atoms in total. The Morgan fingerprint density at radius 1 is 1.09 bits per heavy atom. The number of carbonyl (C=O) groups excluding carboxylic acids is 1. The summed E-state index contributed by atoms with van der Waals surface area (Å²) >= 11 is 0. The number of morpholine rings is 1. The minimum absolute atomic E-state index is 0.120. The summed E-state index contributed by atoms with van der Waals surface area (Å²) in [6.45, 7) is 1.66. The summed E-state index contributed by atoms with van der Waals surface area (Å²) in [5, 5.41) is 2.69. The number of rotatable bonds is 6. The maximum atomic E-state index is 12.6. The monoisotopic (exact) mass is 478 g/mol. The largest absolute Gasteiger partial charge is 0.379 e. The molecule has 4 rings (SSSR count). The van der Waals surface area contributed by atoms with Crippen LogP contribution in [-0.2, 0) is 24.8 Å². The highest BCUT2D eigenvalue weighted by molar-refractivity contribution is 7.90. The molecule has 2 heterocycles. The van der Waals surface area contributed by atoms with Crippen molar-refractivity contribution in [3.8, 4) is 0 Å². The minimum atomic E-state index is -3.62. The molecule has 1 amide bonds. The lowest BCUT2D eigenvalue weighted by atomic mass is 10.2. The van der Waals surface area contributed by atoms with E-state index in [1.165, 1.54) is 34.6 Å². The molecule has 0 aromatic heterocycles. The number of benzene rings is 2. The van der Waals surface area contributed by atoms with E-state index in [-0.39, 0.29) is 34.6 Å². The molecule has 32 heavy (non-hydrogen) atoms. The molecule has 2 aliphatic rings. The Bertz CT molecular complexity index is 1250. The van der Waals surface area contributed by atoms with Crippen molar-refractivity contribution in [3.05, 3.63) is 59.7 Å². The third kappa shape index (κ3) is 4.53.